The molecule has 0 amide bonds. The first-order valence-electron chi connectivity index (χ1n) is 6.24. The predicted molar refractivity (Wildman–Crippen MR) is 79.7 cm³/mol. The van der Waals surface area contributed by atoms with Gasteiger partial charge in [0.2, 0.25) is 0 Å². The summed E-state index contributed by atoms with van der Waals surface area (Å²) in [4.78, 5) is 0.157. The first-order chi connectivity index (χ1) is 9.06. The smallest absolute Gasteiger partial charge is 0.162 e. The van der Waals surface area contributed by atoms with Gasteiger partial charge in [-0.25, -0.2) is 0 Å². The van der Waals surface area contributed by atoms with Crippen molar-refractivity contribution in [3.63, 3.8) is 0 Å². The van der Waals surface area contributed by atoms with Gasteiger partial charge in [-0.1, -0.05) is 27.5 Å². The largest absolute Gasteiger partial charge is 0.493 e. The minimum atomic E-state index is 0.157. The lowest BCUT2D eigenvalue weighted by molar-refractivity contribution is 0.120. The van der Waals surface area contributed by atoms with Gasteiger partial charge in [-0.15, -0.1) is 0 Å². The maximum Gasteiger partial charge on any atom is 0.162 e. The SMILES string of the molecule is COc1cc(Cl)c(C(Br)C2COC(C)C2)cc1OC. The Morgan fingerprint density at radius 1 is 1.32 bits per heavy atom. The van der Waals surface area contributed by atoms with E-state index in [4.69, 9.17) is 25.8 Å². The van der Waals surface area contributed by atoms with Crippen molar-refractivity contribution in [1.82, 2.24) is 0 Å². The van der Waals surface area contributed by atoms with Crippen LogP contribution in [0, 0.1) is 5.92 Å². The van der Waals surface area contributed by atoms with Crippen LogP contribution in [0.1, 0.15) is 23.7 Å². The molecule has 0 radical (unpaired) electrons. The van der Waals surface area contributed by atoms with Crippen LogP contribution in [0.3, 0.4) is 0 Å². The molecule has 0 saturated carbocycles. The van der Waals surface area contributed by atoms with Gasteiger partial charge in [-0.3, -0.25) is 0 Å². The van der Waals surface area contributed by atoms with Gasteiger partial charge >= 0.3 is 0 Å². The number of halogens is 2. The van der Waals surface area contributed by atoms with Crippen molar-refractivity contribution in [3.05, 3.63) is 22.7 Å². The van der Waals surface area contributed by atoms with E-state index in [0.717, 1.165) is 18.6 Å². The molecular formula is C14H18BrClO3. The molecule has 3 nitrogen and oxygen atoms in total. The van der Waals surface area contributed by atoms with E-state index in [0.29, 0.717) is 28.5 Å². The molecule has 5 heteroatoms. The minimum Gasteiger partial charge on any atom is -0.493 e. The van der Waals surface area contributed by atoms with Gasteiger partial charge < -0.3 is 14.2 Å². The zero-order chi connectivity index (χ0) is 14.0. The third-order valence-corrected chi connectivity index (χ3v) is 5.01. The Balaban J connectivity index is 2.28. The molecule has 1 saturated heterocycles. The molecule has 106 valence electrons. The van der Waals surface area contributed by atoms with Crippen LogP contribution in [-0.4, -0.2) is 26.9 Å². The van der Waals surface area contributed by atoms with Crippen LogP contribution in [0.2, 0.25) is 5.02 Å². The molecule has 19 heavy (non-hydrogen) atoms. The summed E-state index contributed by atoms with van der Waals surface area (Å²) < 4.78 is 16.2. The van der Waals surface area contributed by atoms with E-state index in [-0.39, 0.29) is 4.83 Å². The number of ether oxygens (including phenoxy) is 3. The molecule has 0 bridgehead atoms. The average Bonchev–Trinajstić information content (AvgIpc) is 2.84. The summed E-state index contributed by atoms with van der Waals surface area (Å²) in [7, 11) is 3.23. The first kappa shape index (κ1) is 14.9. The third kappa shape index (κ3) is 3.18. The van der Waals surface area contributed by atoms with Crippen LogP contribution in [0.5, 0.6) is 11.5 Å². The van der Waals surface area contributed by atoms with Crippen molar-refractivity contribution in [2.24, 2.45) is 5.92 Å². The number of methoxy groups -OCH3 is 2. The van der Waals surface area contributed by atoms with Gasteiger partial charge in [0.15, 0.2) is 11.5 Å². The third-order valence-electron chi connectivity index (χ3n) is 3.44. The van der Waals surface area contributed by atoms with E-state index in [1.165, 1.54) is 0 Å². The van der Waals surface area contributed by atoms with E-state index in [2.05, 4.69) is 22.9 Å². The quantitative estimate of drug-likeness (QED) is 0.762. The second-order valence-electron chi connectivity index (χ2n) is 4.77. The molecule has 3 atom stereocenters. The fourth-order valence-corrected chi connectivity index (χ4v) is 3.54. The molecule has 0 spiro atoms. The summed E-state index contributed by atoms with van der Waals surface area (Å²) in [6, 6.07) is 3.73. The topological polar surface area (TPSA) is 27.7 Å². The Bertz CT molecular complexity index is 453. The fourth-order valence-electron chi connectivity index (χ4n) is 2.39. The van der Waals surface area contributed by atoms with Crippen LogP contribution >= 0.6 is 27.5 Å². The zero-order valence-corrected chi connectivity index (χ0v) is 13.6. The van der Waals surface area contributed by atoms with Crippen molar-refractivity contribution in [1.29, 1.82) is 0 Å². The van der Waals surface area contributed by atoms with E-state index in [1.54, 1.807) is 20.3 Å². The van der Waals surface area contributed by atoms with Crippen molar-refractivity contribution in [2.45, 2.75) is 24.3 Å². The van der Waals surface area contributed by atoms with E-state index >= 15 is 0 Å². The van der Waals surface area contributed by atoms with Crippen LogP contribution in [0.4, 0.5) is 0 Å². The van der Waals surface area contributed by atoms with Gasteiger partial charge in [0.05, 0.1) is 26.9 Å². The highest BCUT2D eigenvalue weighted by molar-refractivity contribution is 9.09. The number of alkyl halides is 1. The first-order valence-corrected chi connectivity index (χ1v) is 7.53. The highest BCUT2D eigenvalue weighted by atomic mass is 79.9. The van der Waals surface area contributed by atoms with Gasteiger partial charge in [0, 0.05) is 21.8 Å². The van der Waals surface area contributed by atoms with Crippen molar-refractivity contribution < 1.29 is 14.2 Å². The maximum atomic E-state index is 6.34. The average molecular weight is 350 g/mol. The minimum absolute atomic E-state index is 0.157. The van der Waals surface area contributed by atoms with Crippen LogP contribution in [0.25, 0.3) is 0 Å². The summed E-state index contributed by atoms with van der Waals surface area (Å²) in [6.45, 7) is 2.84. The standard InChI is InChI=1S/C14H18BrClO3/c1-8-4-9(7-19-8)14(15)10-5-12(17-2)13(18-3)6-11(10)16/h5-6,8-9,14H,4,7H2,1-3H3. The van der Waals surface area contributed by atoms with E-state index in [1.807, 2.05) is 6.07 Å². The van der Waals surface area contributed by atoms with Gasteiger partial charge in [0.25, 0.3) is 0 Å². The van der Waals surface area contributed by atoms with Gasteiger partial charge in [-0.2, -0.15) is 0 Å². The number of benzene rings is 1. The number of hydrogen-bond donors (Lipinski definition) is 0. The molecule has 0 aromatic heterocycles. The Hall–Kier alpha value is -0.450. The Morgan fingerprint density at radius 3 is 2.47 bits per heavy atom. The summed E-state index contributed by atoms with van der Waals surface area (Å²) >= 11 is 10.1. The van der Waals surface area contributed by atoms with Crippen molar-refractivity contribution in [3.8, 4) is 11.5 Å². The highest BCUT2D eigenvalue weighted by Crippen LogP contribution is 2.44. The molecular weight excluding hydrogens is 332 g/mol. The summed E-state index contributed by atoms with van der Waals surface area (Å²) in [5.41, 5.74) is 1.02. The second kappa shape index (κ2) is 6.33. The van der Waals surface area contributed by atoms with Crippen molar-refractivity contribution >= 4 is 27.5 Å². The molecule has 2 rings (SSSR count). The summed E-state index contributed by atoms with van der Waals surface area (Å²) in [5, 5.41) is 0.680. The van der Waals surface area contributed by atoms with Gasteiger partial charge in [-0.05, 0) is 25.0 Å². The molecule has 1 aliphatic rings. The Kier molecular flexibility index (Phi) is 4.98. The normalized spacial score (nSPS) is 24.3. The second-order valence-corrected chi connectivity index (χ2v) is 6.16. The number of hydrogen-bond acceptors (Lipinski definition) is 3. The predicted octanol–water partition coefficient (Wildman–Crippen LogP) is 4.22. The lowest BCUT2D eigenvalue weighted by Crippen LogP contribution is -2.08. The zero-order valence-electron chi connectivity index (χ0n) is 11.3. The summed E-state index contributed by atoms with van der Waals surface area (Å²) in [6.07, 6.45) is 1.34. The highest BCUT2D eigenvalue weighted by Gasteiger charge is 2.30. The summed E-state index contributed by atoms with van der Waals surface area (Å²) in [5.74, 6) is 1.76. The van der Waals surface area contributed by atoms with Crippen molar-refractivity contribution in [2.75, 3.05) is 20.8 Å². The molecule has 1 aliphatic heterocycles. The van der Waals surface area contributed by atoms with Gasteiger partial charge in [0.1, 0.15) is 0 Å². The van der Waals surface area contributed by atoms with E-state index in [9.17, 15) is 0 Å². The molecule has 1 fully saturated rings. The lowest BCUT2D eigenvalue weighted by Gasteiger charge is -2.19. The Morgan fingerprint density at radius 2 is 1.95 bits per heavy atom. The fraction of sp³-hybridized carbons (Fsp3) is 0.571. The molecule has 0 N–H and O–H groups in total. The molecule has 3 unspecified atom stereocenters. The molecule has 1 heterocycles. The lowest BCUT2D eigenvalue weighted by atomic mass is 9.96. The monoisotopic (exact) mass is 348 g/mol. The molecule has 0 aliphatic carbocycles. The maximum absolute atomic E-state index is 6.34. The number of rotatable bonds is 4. The molecule has 1 aromatic carbocycles. The van der Waals surface area contributed by atoms with E-state index < -0.39 is 0 Å². The van der Waals surface area contributed by atoms with Crippen LogP contribution in [0.15, 0.2) is 12.1 Å². The van der Waals surface area contributed by atoms with Crippen LogP contribution in [-0.2, 0) is 4.74 Å². The molecule has 1 aromatic rings. The van der Waals surface area contributed by atoms with Crippen LogP contribution < -0.4 is 9.47 Å². The Labute approximate surface area is 127 Å².